The highest BCUT2D eigenvalue weighted by Crippen LogP contribution is 2.67. The molecular formula is C23H31N3O2. The Kier molecular flexibility index (Phi) is 3.85. The Labute approximate surface area is 167 Å². The maximum Gasteiger partial charge on any atom is 0.262 e. The van der Waals surface area contributed by atoms with Crippen molar-refractivity contribution in [3.05, 3.63) is 29.3 Å². The molecule has 0 saturated heterocycles. The molecule has 1 unspecified atom stereocenters. The monoisotopic (exact) mass is 381 g/mol. The van der Waals surface area contributed by atoms with Gasteiger partial charge in [-0.3, -0.25) is 9.69 Å². The van der Waals surface area contributed by atoms with Gasteiger partial charge in [0.25, 0.3) is 5.91 Å². The predicted octanol–water partition coefficient (Wildman–Crippen LogP) is 3.46. The summed E-state index contributed by atoms with van der Waals surface area (Å²) in [5.41, 5.74) is 7.41. The van der Waals surface area contributed by atoms with E-state index in [0.29, 0.717) is 5.96 Å². The largest absolute Gasteiger partial charge is 0.496 e. The SMILES string of the molecule is CCc1cc(C2(C34CC5CC(CC(C5)C3)C4)N=C(N)N(C)C2=O)ccc1OC. The molecule has 1 aromatic carbocycles. The van der Waals surface area contributed by atoms with Crippen LogP contribution in [0.1, 0.15) is 56.6 Å². The van der Waals surface area contributed by atoms with E-state index in [-0.39, 0.29) is 11.3 Å². The molecule has 1 aromatic rings. The van der Waals surface area contributed by atoms with E-state index >= 15 is 0 Å². The van der Waals surface area contributed by atoms with E-state index in [9.17, 15) is 4.79 Å². The van der Waals surface area contributed by atoms with Crippen molar-refractivity contribution in [2.75, 3.05) is 14.2 Å². The van der Waals surface area contributed by atoms with Gasteiger partial charge in [-0.05, 0) is 86.0 Å². The molecule has 4 aliphatic carbocycles. The van der Waals surface area contributed by atoms with Crippen molar-refractivity contribution in [3.8, 4) is 5.75 Å². The van der Waals surface area contributed by atoms with Crippen LogP contribution >= 0.6 is 0 Å². The maximum atomic E-state index is 13.8. The fourth-order valence-corrected chi connectivity index (χ4v) is 7.31. The molecule has 2 N–H and O–H groups in total. The summed E-state index contributed by atoms with van der Waals surface area (Å²) < 4.78 is 5.55. The van der Waals surface area contributed by atoms with Crippen molar-refractivity contribution in [1.82, 2.24) is 4.90 Å². The second kappa shape index (κ2) is 5.98. The van der Waals surface area contributed by atoms with E-state index in [1.54, 1.807) is 19.1 Å². The smallest absolute Gasteiger partial charge is 0.262 e. The molecule has 1 aliphatic heterocycles. The van der Waals surface area contributed by atoms with Gasteiger partial charge < -0.3 is 10.5 Å². The van der Waals surface area contributed by atoms with Crippen LogP contribution in [0.5, 0.6) is 5.75 Å². The Hall–Kier alpha value is -2.04. The lowest BCUT2D eigenvalue weighted by atomic mass is 9.43. The third-order valence-electron chi connectivity index (χ3n) is 8.12. The van der Waals surface area contributed by atoms with Crippen molar-refractivity contribution in [2.24, 2.45) is 33.9 Å². The van der Waals surface area contributed by atoms with Crippen LogP contribution in [0.25, 0.3) is 0 Å². The lowest BCUT2D eigenvalue weighted by Crippen LogP contribution is -2.59. The lowest BCUT2D eigenvalue weighted by molar-refractivity contribution is -0.149. The van der Waals surface area contributed by atoms with Crippen LogP contribution in [-0.4, -0.2) is 30.9 Å². The van der Waals surface area contributed by atoms with Crippen LogP contribution in [0.3, 0.4) is 0 Å². The highest BCUT2D eigenvalue weighted by molar-refractivity contribution is 6.07. The lowest BCUT2D eigenvalue weighted by Gasteiger charge is -2.61. The first-order valence-electron chi connectivity index (χ1n) is 10.7. The number of aryl methyl sites for hydroxylation is 1. The maximum absolute atomic E-state index is 13.8. The Bertz CT molecular complexity index is 826. The molecule has 4 bridgehead atoms. The molecule has 28 heavy (non-hydrogen) atoms. The molecule has 0 radical (unpaired) electrons. The molecule has 6 rings (SSSR count). The van der Waals surface area contributed by atoms with Gasteiger partial charge in [-0.2, -0.15) is 0 Å². The summed E-state index contributed by atoms with van der Waals surface area (Å²) in [5, 5.41) is 0. The van der Waals surface area contributed by atoms with Gasteiger partial charge in [0.05, 0.1) is 7.11 Å². The summed E-state index contributed by atoms with van der Waals surface area (Å²) in [5.74, 6) is 3.50. The zero-order valence-corrected chi connectivity index (χ0v) is 17.2. The average molecular weight is 382 g/mol. The zero-order valence-electron chi connectivity index (χ0n) is 17.2. The van der Waals surface area contributed by atoms with Crippen LogP contribution in [0.15, 0.2) is 23.2 Å². The molecule has 1 atom stereocenters. The fraction of sp³-hybridized carbons (Fsp3) is 0.652. The summed E-state index contributed by atoms with van der Waals surface area (Å²) in [6.07, 6.45) is 8.16. The number of hydrogen-bond donors (Lipinski definition) is 1. The number of carbonyl (C=O) groups excluding carboxylic acids is 1. The Morgan fingerprint density at radius 2 is 1.79 bits per heavy atom. The number of ether oxygens (including phenoxy) is 1. The number of nitrogens with zero attached hydrogens (tertiary/aromatic N) is 2. The molecule has 0 aromatic heterocycles. The van der Waals surface area contributed by atoms with Crippen molar-refractivity contribution >= 4 is 11.9 Å². The van der Waals surface area contributed by atoms with Gasteiger partial charge in [0.15, 0.2) is 11.5 Å². The van der Waals surface area contributed by atoms with Gasteiger partial charge in [-0.25, -0.2) is 4.99 Å². The molecule has 0 spiro atoms. The van der Waals surface area contributed by atoms with E-state index in [4.69, 9.17) is 15.5 Å². The molecule has 5 nitrogen and oxygen atoms in total. The Morgan fingerprint density at radius 3 is 2.25 bits per heavy atom. The number of methoxy groups -OCH3 is 1. The minimum absolute atomic E-state index is 0.0548. The molecule has 5 aliphatic rings. The number of carbonyl (C=O) groups is 1. The topological polar surface area (TPSA) is 67.9 Å². The second-order valence-corrected chi connectivity index (χ2v) is 9.62. The number of benzene rings is 1. The number of nitrogens with two attached hydrogens (primary N) is 1. The molecule has 1 amide bonds. The van der Waals surface area contributed by atoms with Gasteiger partial charge in [0.2, 0.25) is 0 Å². The number of amides is 1. The van der Waals surface area contributed by atoms with Crippen molar-refractivity contribution < 1.29 is 9.53 Å². The van der Waals surface area contributed by atoms with Gasteiger partial charge in [0, 0.05) is 12.5 Å². The molecule has 4 saturated carbocycles. The Morgan fingerprint density at radius 1 is 1.18 bits per heavy atom. The average Bonchev–Trinajstić information content (AvgIpc) is 2.91. The number of guanidine groups is 1. The minimum atomic E-state index is -0.877. The summed E-state index contributed by atoms with van der Waals surface area (Å²) in [6.45, 7) is 2.12. The van der Waals surface area contributed by atoms with E-state index in [0.717, 1.165) is 60.3 Å². The van der Waals surface area contributed by atoms with E-state index in [2.05, 4.69) is 19.1 Å². The molecular weight excluding hydrogens is 350 g/mol. The van der Waals surface area contributed by atoms with Gasteiger partial charge in [0.1, 0.15) is 5.75 Å². The first-order chi connectivity index (χ1) is 13.4. The summed E-state index contributed by atoms with van der Waals surface area (Å²) in [4.78, 5) is 20.4. The molecule has 5 heteroatoms. The predicted molar refractivity (Wildman–Crippen MR) is 109 cm³/mol. The van der Waals surface area contributed by atoms with Gasteiger partial charge in [-0.15, -0.1) is 0 Å². The quantitative estimate of drug-likeness (QED) is 0.868. The Balaban J connectivity index is 1.72. The van der Waals surface area contributed by atoms with Crippen LogP contribution in [0, 0.1) is 23.2 Å². The van der Waals surface area contributed by atoms with Crippen LogP contribution in [0.2, 0.25) is 0 Å². The van der Waals surface area contributed by atoms with Gasteiger partial charge in [-0.1, -0.05) is 13.0 Å². The van der Waals surface area contributed by atoms with Crippen LogP contribution in [-0.2, 0) is 16.8 Å². The summed E-state index contributed by atoms with van der Waals surface area (Å²) in [6, 6.07) is 6.23. The van der Waals surface area contributed by atoms with Gasteiger partial charge >= 0.3 is 0 Å². The number of likely N-dealkylation sites (N-methyl/N-ethyl adjacent to an activating group) is 1. The van der Waals surface area contributed by atoms with Crippen LogP contribution < -0.4 is 10.5 Å². The third-order valence-corrected chi connectivity index (χ3v) is 8.12. The van der Waals surface area contributed by atoms with Crippen molar-refractivity contribution in [1.29, 1.82) is 0 Å². The fourth-order valence-electron chi connectivity index (χ4n) is 7.31. The number of rotatable bonds is 4. The van der Waals surface area contributed by atoms with Crippen molar-refractivity contribution in [2.45, 2.75) is 57.4 Å². The normalized spacial score (nSPS) is 38.8. The van der Waals surface area contributed by atoms with Crippen molar-refractivity contribution in [3.63, 3.8) is 0 Å². The third kappa shape index (κ3) is 2.19. The van der Waals surface area contributed by atoms with Crippen LogP contribution in [0.4, 0.5) is 0 Å². The molecule has 150 valence electrons. The molecule has 4 fully saturated rings. The highest BCUT2D eigenvalue weighted by Gasteiger charge is 2.67. The summed E-state index contributed by atoms with van der Waals surface area (Å²) >= 11 is 0. The minimum Gasteiger partial charge on any atom is -0.496 e. The second-order valence-electron chi connectivity index (χ2n) is 9.62. The molecule has 1 heterocycles. The zero-order chi connectivity index (χ0) is 19.7. The first kappa shape index (κ1) is 18.0. The van der Waals surface area contributed by atoms with E-state index in [1.165, 1.54) is 19.3 Å². The summed E-state index contributed by atoms with van der Waals surface area (Å²) in [7, 11) is 3.47. The van der Waals surface area contributed by atoms with E-state index < -0.39 is 5.54 Å². The standard InChI is InChI=1S/C23H31N3O2/c1-4-17-10-18(5-6-19(17)28-3)23(20(27)26(2)21(24)25-23)22-11-14-7-15(12-22)9-16(8-14)13-22/h5-6,10,14-16H,4,7-9,11-13H2,1-3H3,(H2,24,25). The number of hydrogen-bond acceptors (Lipinski definition) is 4. The highest BCUT2D eigenvalue weighted by atomic mass is 16.5. The first-order valence-corrected chi connectivity index (χ1v) is 10.7. The van der Waals surface area contributed by atoms with E-state index in [1.807, 2.05) is 6.07 Å². The number of aliphatic imine (C=N–C) groups is 1.